The van der Waals surface area contributed by atoms with Gasteiger partial charge in [-0.2, -0.15) is 0 Å². The van der Waals surface area contributed by atoms with Crippen LogP contribution in [0.1, 0.15) is 24.3 Å². The van der Waals surface area contributed by atoms with Crippen molar-refractivity contribution in [3.05, 3.63) is 82.8 Å². The summed E-state index contributed by atoms with van der Waals surface area (Å²) in [6.45, 7) is 2.05. The topological polar surface area (TPSA) is 142 Å². The molecule has 1 aliphatic rings. The van der Waals surface area contributed by atoms with Crippen LogP contribution < -0.4 is 26.6 Å². The molecule has 0 unspecified atom stereocenters. The molecular weight excluding hydrogens is 464 g/mol. The number of aromatic nitrogens is 2. The number of aromatic amines is 1. The fourth-order valence-electron chi connectivity index (χ4n) is 4.46. The lowest BCUT2D eigenvalue weighted by Gasteiger charge is -2.23. The summed E-state index contributed by atoms with van der Waals surface area (Å²) in [6, 6.07) is 18.0. The van der Waals surface area contributed by atoms with Crippen molar-refractivity contribution in [2.75, 3.05) is 23.7 Å². The summed E-state index contributed by atoms with van der Waals surface area (Å²) >= 11 is 0. The molecule has 1 fully saturated rings. The number of sulfonamides is 1. The molecule has 6 N–H and O–H groups in total. The zero-order valence-electron chi connectivity index (χ0n) is 18.9. The quantitative estimate of drug-likeness (QED) is 0.278. The molecule has 0 aliphatic carbocycles. The highest BCUT2D eigenvalue weighted by molar-refractivity contribution is 7.89. The predicted octanol–water partition coefficient (Wildman–Crippen LogP) is 3.52. The van der Waals surface area contributed by atoms with Crippen LogP contribution in [0.4, 0.5) is 23.0 Å². The summed E-state index contributed by atoms with van der Waals surface area (Å²) < 4.78 is 24.0. The molecule has 35 heavy (non-hydrogen) atoms. The molecule has 0 radical (unpaired) electrons. The van der Waals surface area contributed by atoms with Gasteiger partial charge in [0.25, 0.3) is 5.56 Å². The van der Waals surface area contributed by atoms with Gasteiger partial charge in [0.1, 0.15) is 16.5 Å². The van der Waals surface area contributed by atoms with E-state index in [4.69, 9.17) is 5.14 Å². The molecule has 0 bridgehead atoms. The summed E-state index contributed by atoms with van der Waals surface area (Å²) in [5.41, 5.74) is 2.11. The Hall–Kier alpha value is -3.73. The Labute approximate surface area is 202 Å². The van der Waals surface area contributed by atoms with E-state index in [9.17, 15) is 13.2 Å². The minimum atomic E-state index is -3.94. The number of nitrogens with zero attached hydrogens (tertiary/aromatic N) is 1. The number of hydrogen-bond acceptors (Lipinski definition) is 7. The maximum atomic E-state index is 12.6. The van der Waals surface area contributed by atoms with Crippen molar-refractivity contribution in [1.29, 1.82) is 0 Å². The number of nitrogens with two attached hydrogens (primary N) is 1. The number of hydrogen-bond donors (Lipinski definition) is 5. The van der Waals surface area contributed by atoms with Gasteiger partial charge < -0.3 is 20.9 Å². The fraction of sp³-hybridized carbons (Fsp3) is 0.200. The summed E-state index contributed by atoms with van der Waals surface area (Å²) in [5.74, 6) is 1.26. The van der Waals surface area contributed by atoms with Gasteiger partial charge in [0, 0.05) is 11.9 Å². The van der Waals surface area contributed by atoms with Gasteiger partial charge in [0.15, 0.2) is 0 Å². The van der Waals surface area contributed by atoms with Gasteiger partial charge in [-0.25, -0.2) is 18.5 Å². The Balaban J connectivity index is 1.50. The molecule has 3 heterocycles. The number of rotatable bonds is 6. The number of pyridine rings is 2. The van der Waals surface area contributed by atoms with Crippen LogP contribution in [-0.4, -0.2) is 31.5 Å². The van der Waals surface area contributed by atoms with E-state index in [-0.39, 0.29) is 10.5 Å². The lowest BCUT2D eigenvalue weighted by Crippen LogP contribution is -2.26. The third-order valence-electron chi connectivity index (χ3n) is 6.19. The van der Waals surface area contributed by atoms with Crippen molar-refractivity contribution in [2.24, 2.45) is 5.14 Å². The molecule has 0 atom stereocenters. The largest absolute Gasteiger partial charge is 0.339 e. The molecule has 0 saturated carbocycles. The van der Waals surface area contributed by atoms with E-state index in [1.807, 2.05) is 12.1 Å². The van der Waals surface area contributed by atoms with Gasteiger partial charge >= 0.3 is 0 Å². The Kier molecular flexibility index (Phi) is 6.25. The van der Waals surface area contributed by atoms with Crippen molar-refractivity contribution < 1.29 is 8.42 Å². The Morgan fingerprint density at radius 1 is 0.971 bits per heavy atom. The summed E-state index contributed by atoms with van der Waals surface area (Å²) in [6.07, 6.45) is 3.79. The smallest absolute Gasteiger partial charge is 0.259 e. The van der Waals surface area contributed by atoms with E-state index in [2.05, 4.69) is 38.1 Å². The van der Waals surface area contributed by atoms with Crippen molar-refractivity contribution in [3.63, 3.8) is 0 Å². The van der Waals surface area contributed by atoms with Crippen LogP contribution in [-0.2, 0) is 10.0 Å². The van der Waals surface area contributed by atoms with Crippen LogP contribution in [0.15, 0.2) is 76.6 Å². The number of primary sulfonamides is 1. The highest BCUT2D eigenvalue weighted by Crippen LogP contribution is 2.30. The summed E-state index contributed by atoms with van der Waals surface area (Å²) in [7, 11) is -3.94. The second-order valence-electron chi connectivity index (χ2n) is 8.56. The van der Waals surface area contributed by atoms with E-state index < -0.39 is 10.0 Å². The second-order valence-corrected chi connectivity index (χ2v) is 10.1. The molecule has 4 aromatic rings. The van der Waals surface area contributed by atoms with E-state index in [1.165, 1.54) is 11.6 Å². The van der Waals surface area contributed by atoms with Crippen molar-refractivity contribution >= 4 is 43.8 Å². The average molecular weight is 491 g/mol. The van der Waals surface area contributed by atoms with Gasteiger partial charge in [0.2, 0.25) is 10.0 Å². The molecule has 0 amide bonds. The maximum absolute atomic E-state index is 12.6. The summed E-state index contributed by atoms with van der Waals surface area (Å²) in [4.78, 5) is 19.9. The Morgan fingerprint density at radius 2 is 1.71 bits per heavy atom. The zero-order chi connectivity index (χ0) is 24.4. The second kappa shape index (κ2) is 9.49. The van der Waals surface area contributed by atoms with Crippen molar-refractivity contribution in [2.45, 2.75) is 23.7 Å². The standard InChI is InChI=1S/C25H26N6O3S/c26-35(33,34)21-4-2-1-3-20(21)30-22-15-18-11-14-28-25(32)23(18)24(31-22)29-19-7-5-16(6-8-19)17-9-12-27-13-10-17/h1-8,11,14-15,17,27H,9-10,12-13H2,(H,28,32)(H2,26,33,34)(H2,29,30,31). The molecule has 10 heteroatoms. The van der Waals surface area contributed by atoms with E-state index in [0.717, 1.165) is 31.6 Å². The van der Waals surface area contributed by atoms with Crippen LogP contribution in [0.2, 0.25) is 0 Å². The molecule has 1 saturated heterocycles. The SMILES string of the molecule is NS(=O)(=O)c1ccccc1Nc1cc2cc[nH]c(=O)c2c(Nc2ccc(C3CCNCC3)cc2)n1. The van der Waals surface area contributed by atoms with Gasteiger partial charge in [-0.05, 0) is 79.2 Å². The lowest BCUT2D eigenvalue weighted by molar-refractivity contribution is 0.460. The van der Waals surface area contributed by atoms with E-state index in [0.29, 0.717) is 34.0 Å². The van der Waals surface area contributed by atoms with Gasteiger partial charge in [-0.1, -0.05) is 24.3 Å². The number of benzene rings is 2. The van der Waals surface area contributed by atoms with Crippen molar-refractivity contribution in [3.8, 4) is 0 Å². The highest BCUT2D eigenvalue weighted by atomic mass is 32.2. The first-order chi connectivity index (χ1) is 16.9. The van der Waals surface area contributed by atoms with Gasteiger partial charge in [0.05, 0.1) is 11.1 Å². The minimum Gasteiger partial charge on any atom is -0.339 e. The normalized spacial score (nSPS) is 14.7. The number of anilines is 4. The third kappa shape index (κ3) is 5.04. The van der Waals surface area contributed by atoms with Crippen LogP contribution >= 0.6 is 0 Å². The first-order valence-electron chi connectivity index (χ1n) is 11.4. The van der Waals surface area contributed by atoms with Gasteiger partial charge in [-0.3, -0.25) is 4.79 Å². The molecular formula is C25H26N6O3S. The first kappa shape index (κ1) is 23.0. The van der Waals surface area contributed by atoms with Crippen LogP contribution in [0, 0.1) is 0 Å². The predicted molar refractivity (Wildman–Crippen MR) is 138 cm³/mol. The van der Waals surface area contributed by atoms with Crippen LogP contribution in [0.25, 0.3) is 10.8 Å². The third-order valence-corrected chi connectivity index (χ3v) is 7.16. The van der Waals surface area contributed by atoms with Crippen molar-refractivity contribution in [1.82, 2.24) is 15.3 Å². The Bertz CT molecular complexity index is 1530. The number of fused-ring (bicyclic) bond motifs is 1. The monoisotopic (exact) mass is 490 g/mol. The van der Waals surface area contributed by atoms with E-state index >= 15 is 0 Å². The van der Waals surface area contributed by atoms with Gasteiger partial charge in [-0.15, -0.1) is 0 Å². The maximum Gasteiger partial charge on any atom is 0.259 e. The molecule has 180 valence electrons. The van der Waals surface area contributed by atoms with E-state index in [1.54, 1.807) is 36.5 Å². The number of piperidine rings is 1. The minimum absolute atomic E-state index is 0.0455. The van der Waals surface area contributed by atoms with Crippen LogP contribution in [0.3, 0.4) is 0 Å². The average Bonchev–Trinajstić information content (AvgIpc) is 2.85. The molecule has 0 spiro atoms. The molecule has 2 aromatic carbocycles. The number of para-hydroxylation sites is 1. The summed E-state index contributed by atoms with van der Waals surface area (Å²) in [5, 5.41) is 16.1. The number of H-pyrrole nitrogens is 1. The molecule has 9 nitrogen and oxygen atoms in total. The number of nitrogens with one attached hydrogen (secondary N) is 4. The van der Waals surface area contributed by atoms with Crippen LogP contribution in [0.5, 0.6) is 0 Å². The molecule has 2 aromatic heterocycles. The lowest BCUT2D eigenvalue weighted by atomic mass is 9.90. The Morgan fingerprint density at radius 3 is 2.46 bits per heavy atom. The molecule has 5 rings (SSSR count). The molecule has 1 aliphatic heterocycles. The fourth-order valence-corrected chi connectivity index (χ4v) is 5.15. The first-order valence-corrected chi connectivity index (χ1v) is 12.9. The highest BCUT2D eigenvalue weighted by Gasteiger charge is 2.17. The zero-order valence-corrected chi connectivity index (χ0v) is 19.7.